The van der Waals surface area contributed by atoms with E-state index in [1.54, 1.807) is 6.08 Å². The molecule has 3 nitrogen and oxygen atoms in total. The molecule has 0 aromatic heterocycles. The molecule has 3 rings (SSSR count). The molecule has 1 aliphatic rings. The zero-order chi connectivity index (χ0) is 18.0. The van der Waals surface area contributed by atoms with Crippen molar-refractivity contribution in [1.29, 1.82) is 0 Å². The van der Waals surface area contributed by atoms with E-state index in [2.05, 4.69) is 40.5 Å². The van der Waals surface area contributed by atoms with Crippen LogP contribution in [0.25, 0.3) is 6.08 Å². The van der Waals surface area contributed by atoms with Crippen LogP contribution in [0.1, 0.15) is 36.8 Å². The van der Waals surface area contributed by atoms with E-state index in [1.165, 1.54) is 24.8 Å². The lowest BCUT2D eigenvalue weighted by Crippen LogP contribution is -2.41. The molecule has 1 heterocycles. The van der Waals surface area contributed by atoms with Crippen LogP contribution in [-0.2, 0) is 11.3 Å². The first kappa shape index (κ1) is 18.4. The van der Waals surface area contributed by atoms with Crippen LogP contribution in [0.2, 0.25) is 0 Å². The van der Waals surface area contributed by atoms with Crippen molar-refractivity contribution in [3.8, 4) is 0 Å². The Kier molecular flexibility index (Phi) is 7.03. The first-order valence-corrected chi connectivity index (χ1v) is 9.60. The van der Waals surface area contributed by atoms with E-state index in [1.807, 2.05) is 36.4 Å². The van der Waals surface area contributed by atoms with Crippen molar-refractivity contribution in [2.45, 2.75) is 38.3 Å². The first-order valence-electron chi connectivity index (χ1n) is 9.60. The quantitative estimate of drug-likeness (QED) is 0.758. The van der Waals surface area contributed by atoms with Crippen molar-refractivity contribution < 1.29 is 4.79 Å². The molecule has 3 heteroatoms. The largest absolute Gasteiger partial charge is 0.352 e. The van der Waals surface area contributed by atoms with E-state index in [4.69, 9.17) is 0 Å². The minimum absolute atomic E-state index is 0.0146. The highest BCUT2D eigenvalue weighted by Gasteiger charge is 2.22. The fraction of sp³-hybridized carbons (Fsp3) is 0.348. The second kappa shape index (κ2) is 9.93. The van der Waals surface area contributed by atoms with Crippen LogP contribution >= 0.6 is 0 Å². The molecule has 1 unspecified atom stereocenters. The molecule has 1 aliphatic heterocycles. The smallest absolute Gasteiger partial charge is 0.243 e. The van der Waals surface area contributed by atoms with Crippen molar-refractivity contribution >= 4 is 12.0 Å². The highest BCUT2D eigenvalue weighted by atomic mass is 16.1. The second-order valence-electron chi connectivity index (χ2n) is 6.93. The van der Waals surface area contributed by atoms with Gasteiger partial charge in [-0.2, -0.15) is 0 Å². The SMILES string of the molecule is O=C(C=Cc1ccccc1)NCCC1CCCCN1Cc1ccccc1. The van der Waals surface area contributed by atoms with Crippen molar-refractivity contribution in [3.05, 3.63) is 77.9 Å². The molecule has 26 heavy (non-hydrogen) atoms. The van der Waals surface area contributed by atoms with Gasteiger partial charge in [-0.05, 0) is 43.0 Å². The summed E-state index contributed by atoms with van der Waals surface area (Å²) in [5.41, 5.74) is 2.41. The van der Waals surface area contributed by atoms with E-state index in [9.17, 15) is 4.79 Å². The molecule has 0 aliphatic carbocycles. The molecular formula is C23H28N2O. The van der Waals surface area contributed by atoms with Crippen LogP contribution in [0.15, 0.2) is 66.7 Å². The van der Waals surface area contributed by atoms with E-state index >= 15 is 0 Å². The Morgan fingerprint density at radius 2 is 1.77 bits per heavy atom. The number of nitrogens with zero attached hydrogens (tertiary/aromatic N) is 1. The van der Waals surface area contributed by atoms with Gasteiger partial charge in [0.15, 0.2) is 0 Å². The summed E-state index contributed by atoms with van der Waals surface area (Å²) in [5, 5.41) is 3.03. The van der Waals surface area contributed by atoms with Gasteiger partial charge < -0.3 is 5.32 Å². The Labute approximate surface area is 156 Å². The maximum atomic E-state index is 12.0. The number of likely N-dealkylation sites (tertiary alicyclic amines) is 1. The van der Waals surface area contributed by atoms with Gasteiger partial charge in [0.25, 0.3) is 0 Å². The summed E-state index contributed by atoms with van der Waals surface area (Å²) in [6.45, 7) is 2.89. The van der Waals surface area contributed by atoms with Gasteiger partial charge in [-0.15, -0.1) is 0 Å². The number of nitrogens with one attached hydrogen (secondary N) is 1. The highest BCUT2D eigenvalue weighted by molar-refractivity contribution is 5.91. The normalized spacial score (nSPS) is 18.1. The average Bonchev–Trinajstić information content (AvgIpc) is 2.69. The van der Waals surface area contributed by atoms with Crippen LogP contribution in [0.4, 0.5) is 0 Å². The number of amides is 1. The molecule has 2 aromatic rings. The number of carbonyl (C=O) groups excluding carboxylic acids is 1. The zero-order valence-corrected chi connectivity index (χ0v) is 15.3. The Hall–Kier alpha value is -2.39. The van der Waals surface area contributed by atoms with Gasteiger partial charge in [0.2, 0.25) is 5.91 Å². The third-order valence-corrected chi connectivity index (χ3v) is 4.98. The van der Waals surface area contributed by atoms with E-state index in [-0.39, 0.29) is 5.91 Å². The molecule has 1 amide bonds. The summed E-state index contributed by atoms with van der Waals surface area (Å²) in [4.78, 5) is 14.6. The Morgan fingerprint density at radius 1 is 1.04 bits per heavy atom. The lowest BCUT2D eigenvalue weighted by molar-refractivity contribution is -0.116. The minimum atomic E-state index is -0.0146. The van der Waals surface area contributed by atoms with Crippen LogP contribution in [0.3, 0.4) is 0 Å². The topological polar surface area (TPSA) is 32.3 Å². The Bertz CT molecular complexity index is 697. The van der Waals surface area contributed by atoms with Crippen molar-refractivity contribution in [1.82, 2.24) is 10.2 Å². The lowest BCUT2D eigenvalue weighted by Gasteiger charge is -2.36. The van der Waals surface area contributed by atoms with Gasteiger partial charge in [-0.25, -0.2) is 0 Å². The maximum Gasteiger partial charge on any atom is 0.243 e. The zero-order valence-electron chi connectivity index (χ0n) is 15.3. The molecule has 1 fully saturated rings. The molecule has 0 bridgehead atoms. The number of hydrogen-bond donors (Lipinski definition) is 1. The summed E-state index contributed by atoms with van der Waals surface area (Å²) in [6.07, 6.45) is 8.28. The molecule has 0 spiro atoms. The lowest BCUT2D eigenvalue weighted by atomic mass is 9.98. The predicted molar refractivity (Wildman–Crippen MR) is 108 cm³/mol. The van der Waals surface area contributed by atoms with Crippen LogP contribution < -0.4 is 5.32 Å². The van der Waals surface area contributed by atoms with Gasteiger partial charge in [-0.1, -0.05) is 67.1 Å². The Morgan fingerprint density at radius 3 is 2.54 bits per heavy atom. The highest BCUT2D eigenvalue weighted by Crippen LogP contribution is 2.21. The van der Waals surface area contributed by atoms with Gasteiger partial charge in [-0.3, -0.25) is 9.69 Å². The molecule has 1 saturated heterocycles. The van der Waals surface area contributed by atoms with Gasteiger partial charge in [0.1, 0.15) is 0 Å². The van der Waals surface area contributed by atoms with E-state index in [0.717, 1.165) is 31.6 Å². The van der Waals surface area contributed by atoms with E-state index < -0.39 is 0 Å². The fourth-order valence-electron chi connectivity index (χ4n) is 3.57. The second-order valence-corrected chi connectivity index (χ2v) is 6.93. The molecule has 1 atom stereocenters. The Balaban J connectivity index is 1.45. The predicted octanol–water partition coefficient (Wildman–Crippen LogP) is 4.26. The van der Waals surface area contributed by atoms with E-state index in [0.29, 0.717) is 6.04 Å². The number of rotatable bonds is 7. The molecular weight excluding hydrogens is 320 g/mol. The number of hydrogen-bond acceptors (Lipinski definition) is 2. The number of carbonyl (C=O) groups is 1. The molecule has 0 saturated carbocycles. The summed E-state index contributed by atoms with van der Waals surface area (Å²) in [5.74, 6) is -0.0146. The fourth-order valence-corrected chi connectivity index (χ4v) is 3.57. The third kappa shape index (κ3) is 5.85. The summed E-state index contributed by atoms with van der Waals surface area (Å²) < 4.78 is 0. The van der Waals surface area contributed by atoms with Gasteiger partial charge in [0, 0.05) is 25.2 Å². The van der Waals surface area contributed by atoms with Crippen molar-refractivity contribution in [3.63, 3.8) is 0 Å². The first-order chi connectivity index (χ1) is 12.8. The van der Waals surface area contributed by atoms with Crippen LogP contribution in [-0.4, -0.2) is 29.9 Å². The average molecular weight is 348 g/mol. The van der Waals surface area contributed by atoms with Crippen molar-refractivity contribution in [2.24, 2.45) is 0 Å². The molecule has 2 aromatic carbocycles. The monoisotopic (exact) mass is 348 g/mol. The van der Waals surface area contributed by atoms with Crippen LogP contribution in [0, 0.1) is 0 Å². The van der Waals surface area contributed by atoms with Crippen molar-refractivity contribution in [2.75, 3.05) is 13.1 Å². The van der Waals surface area contributed by atoms with Gasteiger partial charge in [0.05, 0.1) is 0 Å². The standard InChI is InChI=1S/C23H28N2O/c26-23(15-14-20-9-3-1-4-10-20)24-17-16-22-13-7-8-18-25(22)19-21-11-5-2-6-12-21/h1-6,9-12,14-15,22H,7-8,13,16-19H2,(H,24,26). The number of piperidine rings is 1. The third-order valence-electron chi connectivity index (χ3n) is 4.98. The minimum Gasteiger partial charge on any atom is -0.352 e. The summed E-state index contributed by atoms with van der Waals surface area (Å²) in [6, 6.07) is 21.1. The van der Waals surface area contributed by atoms with Gasteiger partial charge >= 0.3 is 0 Å². The summed E-state index contributed by atoms with van der Waals surface area (Å²) >= 11 is 0. The number of benzene rings is 2. The molecule has 136 valence electrons. The molecule has 1 N–H and O–H groups in total. The molecule has 0 radical (unpaired) electrons. The summed E-state index contributed by atoms with van der Waals surface area (Å²) in [7, 11) is 0. The maximum absolute atomic E-state index is 12.0. The van der Waals surface area contributed by atoms with Crippen LogP contribution in [0.5, 0.6) is 0 Å².